The van der Waals surface area contributed by atoms with Crippen molar-refractivity contribution < 1.29 is 5.11 Å². The fourth-order valence-corrected chi connectivity index (χ4v) is 1.40. The Morgan fingerprint density at radius 3 is 2.36 bits per heavy atom. The van der Waals surface area contributed by atoms with Gasteiger partial charge in [-0.1, -0.05) is 12.2 Å². The van der Waals surface area contributed by atoms with Crippen LogP contribution < -0.4 is 5.32 Å². The van der Waals surface area contributed by atoms with Gasteiger partial charge in [-0.25, -0.2) is 0 Å². The van der Waals surface area contributed by atoms with E-state index in [2.05, 4.69) is 17.5 Å². The molecule has 2 heteroatoms. The van der Waals surface area contributed by atoms with Crippen molar-refractivity contribution in [3.63, 3.8) is 0 Å². The third-order valence-electron chi connectivity index (χ3n) is 2.15. The van der Waals surface area contributed by atoms with Gasteiger partial charge in [-0.3, -0.25) is 0 Å². The molecule has 0 radical (unpaired) electrons. The minimum absolute atomic E-state index is 0.399. The lowest BCUT2D eigenvalue weighted by Crippen LogP contribution is -2.03. The maximum atomic E-state index is 9.57. The molecule has 2 nitrogen and oxygen atoms in total. The molecule has 76 valence electrons. The van der Waals surface area contributed by atoms with Crippen LogP contribution in [0.15, 0.2) is 18.2 Å². The molecule has 0 bridgehead atoms. The molecule has 0 spiro atoms. The lowest BCUT2D eigenvalue weighted by atomic mass is 10.1. The van der Waals surface area contributed by atoms with Crippen molar-refractivity contribution in [1.82, 2.24) is 5.32 Å². The van der Waals surface area contributed by atoms with E-state index in [4.69, 9.17) is 0 Å². The van der Waals surface area contributed by atoms with Gasteiger partial charge in [0.1, 0.15) is 5.75 Å². The van der Waals surface area contributed by atoms with Gasteiger partial charge in [0.25, 0.3) is 0 Å². The van der Waals surface area contributed by atoms with Gasteiger partial charge in [-0.05, 0) is 49.7 Å². The highest BCUT2D eigenvalue weighted by Gasteiger charge is 2.00. The third kappa shape index (κ3) is 2.60. The highest BCUT2D eigenvalue weighted by molar-refractivity contribution is 5.55. The number of rotatable bonds is 3. The second kappa shape index (κ2) is 4.82. The molecule has 1 rings (SSSR count). The van der Waals surface area contributed by atoms with Gasteiger partial charge in [0, 0.05) is 6.54 Å². The predicted molar refractivity (Wildman–Crippen MR) is 60.5 cm³/mol. The minimum atomic E-state index is 0.399. The smallest absolute Gasteiger partial charge is 0.121 e. The monoisotopic (exact) mass is 191 g/mol. The van der Waals surface area contributed by atoms with E-state index >= 15 is 0 Å². The zero-order valence-electron chi connectivity index (χ0n) is 8.96. The summed E-state index contributed by atoms with van der Waals surface area (Å²) in [6.07, 6.45) is 4.11. The third-order valence-corrected chi connectivity index (χ3v) is 2.15. The number of aryl methyl sites for hydroxylation is 2. The second-order valence-corrected chi connectivity index (χ2v) is 3.46. The lowest BCUT2D eigenvalue weighted by Gasteiger charge is -2.04. The van der Waals surface area contributed by atoms with E-state index in [-0.39, 0.29) is 0 Å². The molecule has 1 aromatic rings. The van der Waals surface area contributed by atoms with Crippen LogP contribution in [-0.2, 0) is 0 Å². The quantitative estimate of drug-likeness (QED) is 0.768. The highest BCUT2D eigenvalue weighted by Crippen LogP contribution is 2.23. The molecule has 14 heavy (non-hydrogen) atoms. The Labute approximate surface area is 85.3 Å². The number of aromatic hydroxyl groups is 1. The number of nitrogens with one attached hydrogen (secondary N) is 1. The van der Waals surface area contributed by atoms with Crippen LogP contribution in [0.3, 0.4) is 0 Å². The topological polar surface area (TPSA) is 32.3 Å². The van der Waals surface area contributed by atoms with E-state index in [1.807, 2.05) is 33.0 Å². The molecule has 0 amide bonds. The largest absolute Gasteiger partial charge is 0.507 e. The summed E-state index contributed by atoms with van der Waals surface area (Å²) in [6, 6.07) is 3.96. The van der Waals surface area contributed by atoms with Gasteiger partial charge in [0.2, 0.25) is 0 Å². The van der Waals surface area contributed by atoms with Crippen LogP contribution in [0.4, 0.5) is 0 Å². The summed E-state index contributed by atoms with van der Waals surface area (Å²) in [7, 11) is 1.91. The van der Waals surface area contributed by atoms with E-state index in [1.54, 1.807) is 0 Å². The summed E-state index contributed by atoms with van der Waals surface area (Å²) in [5, 5.41) is 12.6. The first-order valence-corrected chi connectivity index (χ1v) is 4.76. The Morgan fingerprint density at radius 2 is 1.86 bits per heavy atom. The normalized spacial score (nSPS) is 11.1. The van der Waals surface area contributed by atoms with Crippen LogP contribution >= 0.6 is 0 Å². The van der Waals surface area contributed by atoms with E-state index in [1.165, 1.54) is 0 Å². The van der Waals surface area contributed by atoms with Crippen LogP contribution in [0.1, 0.15) is 16.7 Å². The first kappa shape index (κ1) is 10.8. The Hall–Kier alpha value is -1.28. The van der Waals surface area contributed by atoms with Crippen LogP contribution in [0.25, 0.3) is 6.08 Å². The average Bonchev–Trinajstić information content (AvgIpc) is 2.14. The summed E-state index contributed by atoms with van der Waals surface area (Å²) in [5.74, 6) is 0.399. The highest BCUT2D eigenvalue weighted by atomic mass is 16.3. The Bertz CT molecular complexity index is 319. The molecular formula is C12H17NO. The molecular weight excluding hydrogens is 174 g/mol. The van der Waals surface area contributed by atoms with E-state index in [0.717, 1.165) is 23.2 Å². The van der Waals surface area contributed by atoms with Crippen molar-refractivity contribution in [3.8, 4) is 5.75 Å². The Balaban J connectivity index is 2.89. The number of phenolic OH excluding ortho intramolecular Hbond substituents is 1. The van der Waals surface area contributed by atoms with Crippen LogP contribution in [0.2, 0.25) is 0 Å². The summed E-state index contributed by atoms with van der Waals surface area (Å²) in [5.41, 5.74) is 2.98. The molecule has 2 N–H and O–H groups in total. The van der Waals surface area contributed by atoms with Crippen LogP contribution in [0.5, 0.6) is 5.75 Å². The van der Waals surface area contributed by atoms with E-state index in [0.29, 0.717) is 5.75 Å². The molecule has 0 saturated heterocycles. The van der Waals surface area contributed by atoms with Crippen molar-refractivity contribution in [2.45, 2.75) is 13.8 Å². The van der Waals surface area contributed by atoms with E-state index in [9.17, 15) is 5.11 Å². The molecule has 0 atom stereocenters. The first-order valence-electron chi connectivity index (χ1n) is 4.76. The molecule has 1 aromatic carbocycles. The molecule has 0 aliphatic carbocycles. The summed E-state index contributed by atoms with van der Waals surface area (Å²) in [6.45, 7) is 4.69. The van der Waals surface area contributed by atoms with Gasteiger partial charge < -0.3 is 10.4 Å². The zero-order valence-corrected chi connectivity index (χ0v) is 8.96. The number of benzene rings is 1. The van der Waals surface area contributed by atoms with Gasteiger partial charge in [0.05, 0.1) is 0 Å². The number of likely N-dealkylation sites (N-methyl/N-ethyl adjacent to an activating group) is 1. The fourth-order valence-electron chi connectivity index (χ4n) is 1.40. The van der Waals surface area contributed by atoms with Gasteiger partial charge in [-0.2, -0.15) is 0 Å². The van der Waals surface area contributed by atoms with Crippen molar-refractivity contribution in [2.75, 3.05) is 13.6 Å². The lowest BCUT2D eigenvalue weighted by molar-refractivity contribution is 0.467. The standard InChI is InChI=1S/C12H17NO/c1-9-7-11(5-4-6-13-3)8-10(2)12(9)14/h4-5,7-8,13-14H,6H2,1-3H3. The summed E-state index contributed by atoms with van der Waals surface area (Å²) >= 11 is 0. The van der Waals surface area contributed by atoms with Crippen LogP contribution in [-0.4, -0.2) is 18.7 Å². The fraction of sp³-hybridized carbons (Fsp3) is 0.333. The number of hydrogen-bond acceptors (Lipinski definition) is 2. The van der Waals surface area contributed by atoms with Crippen molar-refractivity contribution in [3.05, 3.63) is 34.9 Å². The predicted octanol–water partition coefficient (Wildman–Crippen LogP) is 2.24. The maximum Gasteiger partial charge on any atom is 0.121 e. The summed E-state index contributed by atoms with van der Waals surface area (Å²) < 4.78 is 0. The Kier molecular flexibility index (Phi) is 3.72. The summed E-state index contributed by atoms with van der Waals surface area (Å²) in [4.78, 5) is 0. The molecule has 0 aliphatic heterocycles. The molecule has 0 aliphatic rings. The Morgan fingerprint density at radius 1 is 1.29 bits per heavy atom. The molecule has 0 saturated carbocycles. The van der Waals surface area contributed by atoms with Crippen molar-refractivity contribution in [1.29, 1.82) is 0 Å². The zero-order chi connectivity index (χ0) is 10.6. The molecule has 0 unspecified atom stereocenters. The van der Waals surface area contributed by atoms with Gasteiger partial charge in [0.15, 0.2) is 0 Å². The number of phenols is 1. The number of hydrogen-bond donors (Lipinski definition) is 2. The van der Waals surface area contributed by atoms with Crippen molar-refractivity contribution in [2.24, 2.45) is 0 Å². The first-order chi connectivity index (χ1) is 6.65. The van der Waals surface area contributed by atoms with E-state index < -0.39 is 0 Å². The molecule has 0 fully saturated rings. The molecule has 0 aromatic heterocycles. The van der Waals surface area contributed by atoms with Gasteiger partial charge in [-0.15, -0.1) is 0 Å². The minimum Gasteiger partial charge on any atom is -0.507 e. The molecule has 0 heterocycles. The van der Waals surface area contributed by atoms with Crippen LogP contribution in [0, 0.1) is 13.8 Å². The maximum absolute atomic E-state index is 9.57. The average molecular weight is 191 g/mol. The second-order valence-electron chi connectivity index (χ2n) is 3.46. The van der Waals surface area contributed by atoms with Gasteiger partial charge >= 0.3 is 0 Å². The SMILES string of the molecule is CNCC=Cc1cc(C)c(O)c(C)c1. The van der Waals surface area contributed by atoms with Crippen molar-refractivity contribution >= 4 is 6.08 Å².